The van der Waals surface area contributed by atoms with Crippen molar-refractivity contribution in [3.8, 4) is 11.5 Å². The SMILES string of the molecule is COCC(C)N(Cc1cccc(OC)c1OC)Cc1[nH]c2ccc(F)cc2c1C. The number of para-hydroxylation sites is 1. The lowest BCUT2D eigenvalue weighted by atomic mass is 10.1. The van der Waals surface area contributed by atoms with E-state index in [1.165, 1.54) is 6.07 Å². The number of hydrogen-bond donors (Lipinski definition) is 1. The van der Waals surface area contributed by atoms with E-state index >= 15 is 0 Å². The van der Waals surface area contributed by atoms with Gasteiger partial charge in [-0.2, -0.15) is 0 Å². The van der Waals surface area contributed by atoms with Crippen LogP contribution in [0, 0.1) is 12.7 Å². The fraction of sp³-hybridized carbons (Fsp3) is 0.391. The van der Waals surface area contributed by atoms with Crippen molar-refractivity contribution < 1.29 is 18.6 Å². The zero-order chi connectivity index (χ0) is 21.0. The van der Waals surface area contributed by atoms with Crippen molar-refractivity contribution in [3.63, 3.8) is 0 Å². The van der Waals surface area contributed by atoms with E-state index in [-0.39, 0.29) is 11.9 Å². The van der Waals surface area contributed by atoms with E-state index in [2.05, 4.69) is 16.8 Å². The van der Waals surface area contributed by atoms with Crippen molar-refractivity contribution in [1.29, 1.82) is 0 Å². The van der Waals surface area contributed by atoms with Gasteiger partial charge < -0.3 is 19.2 Å². The van der Waals surface area contributed by atoms with Crippen molar-refractivity contribution in [2.24, 2.45) is 0 Å². The molecule has 1 atom stereocenters. The number of ether oxygens (including phenoxy) is 3. The summed E-state index contributed by atoms with van der Waals surface area (Å²) in [6, 6.07) is 10.9. The Kier molecular flexibility index (Phi) is 6.77. The molecule has 156 valence electrons. The van der Waals surface area contributed by atoms with E-state index in [4.69, 9.17) is 14.2 Å². The number of nitrogens with zero attached hydrogens (tertiary/aromatic N) is 1. The van der Waals surface area contributed by atoms with Gasteiger partial charge in [0.1, 0.15) is 5.82 Å². The van der Waals surface area contributed by atoms with Crippen LogP contribution in [0.5, 0.6) is 11.5 Å². The minimum Gasteiger partial charge on any atom is -0.493 e. The van der Waals surface area contributed by atoms with E-state index in [1.807, 2.05) is 25.1 Å². The van der Waals surface area contributed by atoms with Crippen molar-refractivity contribution in [2.45, 2.75) is 33.0 Å². The molecule has 0 amide bonds. The molecule has 3 aromatic rings. The maximum Gasteiger partial charge on any atom is 0.165 e. The molecule has 3 rings (SSSR count). The molecular formula is C23H29FN2O3. The number of rotatable bonds is 9. The van der Waals surface area contributed by atoms with E-state index in [9.17, 15) is 4.39 Å². The summed E-state index contributed by atoms with van der Waals surface area (Å²) in [4.78, 5) is 5.76. The lowest BCUT2D eigenvalue weighted by molar-refractivity contribution is 0.0880. The number of aromatic nitrogens is 1. The summed E-state index contributed by atoms with van der Waals surface area (Å²) < 4.78 is 30.2. The van der Waals surface area contributed by atoms with Gasteiger partial charge in [0.2, 0.25) is 0 Å². The summed E-state index contributed by atoms with van der Waals surface area (Å²) in [5.41, 5.74) is 4.11. The highest BCUT2D eigenvalue weighted by molar-refractivity contribution is 5.84. The molecule has 0 fully saturated rings. The third-order valence-electron chi connectivity index (χ3n) is 5.37. The summed E-state index contributed by atoms with van der Waals surface area (Å²) in [5.74, 6) is 1.22. The molecule has 1 heterocycles. The standard InChI is InChI=1S/C23H29FN2O3/c1-15(14-27-3)26(12-17-7-6-8-22(28-4)23(17)29-5)13-21-16(2)19-11-18(24)9-10-20(19)25-21/h6-11,15,25H,12-14H2,1-5H3. The molecule has 2 aromatic carbocycles. The number of H-pyrrole nitrogens is 1. The van der Waals surface area contributed by atoms with Gasteiger partial charge in [-0.15, -0.1) is 0 Å². The van der Waals surface area contributed by atoms with Gasteiger partial charge in [-0.25, -0.2) is 4.39 Å². The van der Waals surface area contributed by atoms with Crippen molar-refractivity contribution in [1.82, 2.24) is 9.88 Å². The molecule has 0 aliphatic heterocycles. The highest BCUT2D eigenvalue weighted by Gasteiger charge is 2.20. The lowest BCUT2D eigenvalue weighted by Gasteiger charge is -2.29. The summed E-state index contributed by atoms with van der Waals surface area (Å²) in [6.45, 7) is 6.09. The highest BCUT2D eigenvalue weighted by Crippen LogP contribution is 2.32. The Labute approximate surface area is 171 Å². The quantitative estimate of drug-likeness (QED) is 0.567. The average molecular weight is 400 g/mol. The fourth-order valence-corrected chi connectivity index (χ4v) is 3.73. The highest BCUT2D eigenvalue weighted by atomic mass is 19.1. The Bertz CT molecular complexity index is 970. The molecule has 6 heteroatoms. The first-order chi connectivity index (χ1) is 14.0. The van der Waals surface area contributed by atoms with Crippen LogP contribution < -0.4 is 9.47 Å². The van der Waals surface area contributed by atoms with Gasteiger partial charge in [0, 0.05) is 48.4 Å². The van der Waals surface area contributed by atoms with Gasteiger partial charge in [0.25, 0.3) is 0 Å². The molecule has 0 aliphatic carbocycles. The zero-order valence-electron chi connectivity index (χ0n) is 17.7. The predicted molar refractivity (Wildman–Crippen MR) is 113 cm³/mol. The van der Waals surface area contributed by atoms with Gasteiger partial charge in [0.05, 0.1) is 20.8 Å². The smallest absolute Gasteiger partial charge is 0.165 e. The first-order valence-corrected chi connectivity index (χ1v) is 9.68. The van der Waals surface area contributed by atoms with Crippen LogP contribution in [0.1, 0.15) is 23.7 Å². The van der Waals surface area contributed by atoms with Gasteiger partial charge in [-0.3, -0.25) is 4.90 Å². The third kappa shape index (κ3) is 4.54. The van der Waals surface area contributed by atoms with Crippen molar-refractivity contribution >= 4 is 10.9 Å². The van der Waals surface area contributed by atoms with E-state index < -0.39 is 0 Å². The Morgan fingerprint density at radius 2 is 1.86 bits per heavy atom. The summed E-state index contributed by atoms with van der Waals surface area (Å²) in [7, 11) is 5.00. The molecule has 1 unspecified atom stereocenters. The summed E-state index contributed by atoms with van der Waals surface area (Å²) in [6.07, 6.45) is 0. The van der Waals surface area contributed by atoms with Crippen molar-refractivity contribution in [2.75, 3.05) is 27.9 Å². The molecule has 0 radical (unpaired) electrons. The molecule has 1 N–H and O–H groups in total. The molecule has 1 aromatic heterocycles. The van der Waals surface area contributed by atoms with Crippen LogP contribution in [0.25, 0.3) is 10.9 Å². The fourth-order valence-electron chi connectivity index (χ4n) is 3.73. The van der Waals surface area contributed by atoms with Crippen LogP contribution in [0.2, 0.25) is 0 Å². The molecule has 29 heavy (non-hydrogen) atoms. The average Bonchev–Trinajstić information content (AvgIpc) is 3.02. The number of hydrogen-bond acceptors (Lipinski definition) is 4. The van der Waals surface area contributed by atoms with Gasteiger partial charge in [0.15, 0.2) is 11.5 Å². The Hall–Kier alpha value is -2.57. The maximum absolute atomic E-state index is 13.7. The minimum absolute atomic E-state index is 0.165. The number of halogens is 1. The number of nitrogens with one attached hydrogen (secondary N) is 1. The van der Waals surface area contributed by atoms with Gasteiger partial charge in [-0.05, 0) is 43.7 Å². The van der Waals surface area contributed by atoms with Crippen LogP contribution in [-0.2, 0) is 17.8 Å². The molecule has 0 spiro atoms. The summed E-state index contributed by atoms with van der Waals surface area (Å²) in [5, 5.41) is 0.915. The molecular weight excluding hydrogens is 371 g/mol. The number of fused-ring (bicyclic) bond motifs is 1. The van der Waals surface area contributed by atoms with Crippen LogP contribution >= 0.6 is 0 Å². The monoisotopic (exact) mass is 400 g/mol. The topological polar surface area (TPSA) is 46.7 Å². The Morgan fingerprint density at radius 1 is 1.07 bits per heavy atom. The van der Waals surface area contributed by atoms with Crippen LogP contribution in [-0.4, -0.2) is 43.9 Å². The number of benzene rings is 2. The summed E-state index contributed by atoms with van der Waals surface area (Å²) >= 11 is 0. The largest absolute Gasteiger partial charge is 0.493 e. The second-order valence-electron chi connectivity index (χ2n) is 7.28. The molecule has 0 bridgehead atoms. The molecule has 0 saturated heterocycles. The second-order valence-corrected chi connectivity index (χ2v) is 7.28. The maximum atomic E-state index is 13.7. The number of methoxy groups -OCH3 is 3. The molecule has 0 saturated carbocycles. The first-order valence-electron chi connectivity index (χ1n) is 9.68. The second kappa shape index (κ2) is 9.29. The Morgan fingerprint density at radius 3 is 2.55 bits per heavy atom. The van der Waals surface area contributed by atoms with Crippen LogP contribution in [0.15, 0.2) is 36.4 Å². The Balaban J connectivity index is 1.94. The number of aromatic amines is 1. The minimum atomic E-state index is -0.225. The third-order valence-corrected chi connectivity index (χ3v) is 5.37. The zero-order valence-corrected chi connectivity index (χ0v) is 17.7. The predicted octanol–water partition coefficient (Wildman–Crippen LogP) is 4.67. The van der Waals surface area contributed by atoms with E-state index in [0.717, 1.165) is 33.5 Å². The first kappa shape index (κ1) is 21.1. The van der Waals surface area contributed by atoms with E-state index in [1.54, 1.807) is 33.5 Å². The van der Waals surface area contributed by atoms with Gasteiger partial charge >= 0.3 is 0 Å². The lowest BCUT2D eigenvalue weighted by Crippen LogP contribution is -2.35. The normalized spacial score (nSPS) is 12.5. The van der Waals surface area contributed by atoms with Crippen LogP contribution in [0.4, 0.5) is 4.39 Å². The van der Waals surface area contributed by atoms with Gasteiger partial charge in [-0.1, -0.05) is 12.1 Å². The van der Waals surface area contributed by atoms with Crippen molar-refractivity contribution in [3.05, 3.63) is 59.0 Å². The van der Waals surface area contributed by atoms with Crippen LogP contribution in [0.3, 0.4) is 0 Å². The van der Waals surface area contributed by atoms with E-state index in [0.29, 0.717) is 25.4 Å². The number of aryl methyl sites for hydroxylation is 1. The molecule has 5 nitrogen and oxygen atoms in total. The molecule has 0 aliphatic rings.